The first-order valence-electron chi connectivity index (χ1n) is 2.40. The van der Waals surface area contributed by atoms with Crippen LogP contribution < -0.4 is 0 Å². The van der Waals surface area contributed by atoms with Crippen LogP contribution in [0.15, 0.2) is 0 Å². The van der Waals surface area contributed by atoms with Crippen LogP contribution in [-0.4, -0.2) is 17.8 Å². The maximum absolute atomic E-state index is 8.52. The zero-order valence-electron chi connectivity index (χ0n) is 4.63. The molecule has 0 aliphatic rings. The second-order valence-electron chi connectivity index (χ2n) is 1.37. The number of hydrogen-bond acceptors (Lipinski definition) is 3. The van der Waals surface area contributed by atoms with Crippen LogP contribution in [0.1, 0.15) is 13.3 Å². The molecule has 0 radical (unpaired) electrons. The summed E-state index contributed by atoms with van der Waals surface area (Å²) < 4.78 is 4.99. The van der Waals surface area contributed by atoms with Crippen molar-refractivity contribution in [2.45, 2.75) is 19.4 Å². The summed E-state index contributed by atoms with van der Waals surface area (Å²) in [5.74, 6) is 0. The minimum absolute atomic E-state index is 0.0110. The summed E-state index contributed by atoms with van der Waals surface area (Å²) >= 11 is 2.03. The molecule has 0 rings (SSSR count). The Morgan fingerprint density at radius 3 is 2.62 bits per heavy atom. The molecule has 0 aromatic rings. The largest absolute Gasteiger partial charge is 0.394 e. The molecule has 0 aliphatic heterocycles. The van der Waals surface area contributed by atoms with Crippen molar-refractivity contribution in [3.8, 4) is 0 Å². The lowest BCUT2D eigenvalue weighted by Crippen LogP contribution is -2.11. The molecule has 0 aromatic heterocycles. The molecular weight excluding hydrogens is 239 g/mol. The third kappa shape index (κ3) is 3.94. The van der Waals surface area contributed by atoms with Crippen molar-refractivity contribution in [2.24, 2.45) is 0 Å². The minimum atomic E-state index is 0.0110. The van der Waals surface area contributed by atoms with Crippen LogP contribution >= 0.6 is 30.4 Å². The van der Waals surface area contributed by atoms with Crippen molar-refractivity contribution in [3.63, 3.8) is 0 Å². The molecule has 2 nitrogen and oxygen atoms in total. The number of hydrogen-bond donors (Lipinski definition) is 1. The molecule has 1 atom stereocenters. The van der Waals surface area contributed by atoms with Gasteiger partial charge in [0.15, 0.2) is 0 Å². The standard InChI is InChI=1S/C4H9IO2S/c1-2-4(3-6)7-8-5/h4,6H,2-3H2,1H3. The first-order chi connectivity index (χ1) is 3.85. The molecule has 0 bridgehead atoms. The Bertz CT molecular complexity index is 49.3. The quantitative estimate of drug-likeness (QED) is 0.607. The van der Waals surface area contributed by atoms with Crippen LogP contribution in [0.5, 0.6) is 0 Å². The molecule has 0 aromatic carbocycles. The Morgan fingerprint density at radius 2 is 2.50 bits per heavy atom. The van der Waals surface area contributed by atoms with Crippen molar-refractivity contribution in [2.75, 3.05) is 6.61 Å². The molecule has 1 unspecified atom stereocenters. The second kappa shape index (κ2) is 6.12. The molecule has 0 heterocycles. The van der Waals surface area contributed by atoms with E-state index >= 15 is 0 Å². The van der Waals surface area contributed by atoms with Gasteiger partial charge < -0.3 is 5.11 Å². The Kier molecular flexibility index (Phi) is 6.89. The summed E-state index contributed by atoms with van der Waals surface area (Å²) in [6.45, 7) is 2.10. The maximum Gasteiger partial charge on any atom is 0.0959 e. The third-order valence-electron chi connectivity index (χ3n) is 0.831. The normalized spacial score (nSPS) is 13.9. The van der Waals surface area contributed by atoms with Crippen molar-refractivity contribution in [3.05, 3.63) is 0 Å². The van der Waals surface area contributed by atoms with Gasteiger partial charge in [0.05, 0.1) is 21.9 Å². The average Bonchev–Trinajstić information content (AvgIpc) is 1.83. The second-order valence-corrected chi connectivity index (χ2v) is 2.77. The van der Waals surface area contributed by atoms with E-state index in [0.717, 1.165) is 6.42 Å². The van der Waals surface area contributed by atoms with Crippen LogP contribution in [0.3, 0.4) is 0 Å². The highest BCUT2D eigenvalue weighted by Crippen LogP contribution is 2.16. The molecule has 0 saturated carbocycles. The summed E-state index contributed by atoms with van der Waals surface area (Å²) in [5.41, 5.74) is 0. The molecule has 0 fully saturated rings. The third-order valence-corrected chi connectivity index (χ3v) is 1.80. The molecule has 50 valence electrons. The van der Waals surface area contributed by atoms with Gasteiger partial charge in [0, 0.05) is 21.2 Å². The van der Waals surface area contributed by atoms with Crippen LogP contribution in [0.4, 0.5) is 0 Å². The highest BCUT2D eigenvalue weighted by atomic mass is 127. The molecule has 8 heavy (non-hydrogen) atoms. The molecule has 1 N–H and O–H groups in total. The Morgan fingerprint density at radius 1 is 1.88 bits per heavy atom. The summed E-state index contributed by atoms with van der Waals surface area (Å²) in [4.78, 5) is 0. The predicted octanol–water partition coefficient (Wildman–Crippen LogP) is 1.77. The minimum Gasteiger partial charge on any atom is -0.394 e. The van der Waals surface area contributed by atoms with Gasteiger partial charge in [-0.25, -0.2) is 0 Å². The average molecular weight is 248 g/mol. The number of aliphatic hydroxyl groups excluding tert-OH is 1. The Labute approximate surface area is 65.8 Å². The van der Waals surface area contributed by atoms with Gasteiger partial charge in [-0.1, -0.05) is 6.92 Å². The van der Waals surface area contributed by atoms with E-state index in [9.17, 15) is 0 Å². The summed E-state index contributed by atoms with van der Waals surface area (Å²) in [6, 6.07) is 0. The first-order valence-corrected chi connectivity index (χ1v) is 5.68. The molecule has 0 saturated heterocycles. The lowest BCUT2D eigenvalue weighted by atomic mass is 10.3. The smallest absolute Gasteiger partial charge is 0.0959 e. The molecular formula is C4H9IO2S. The predicted molar refractivity (Wildman–Crippen MR) is 43.9 cm³/mol. The van der Waals surface area contributed by atoms with Crippen molar-refractivity contribution < 1.29 is 9.29 Å². The summed E-state index contributed by atoms with van der Waals surface area (Å²) in [5, 5.41) is 8.52. The zero-order valence-corrected chi connectivity index (χ0v) is 7.61. The zero-order chi connectivity index (χ0) is 6.41. The SMILES string of the molecule is CCC(CO)OSI. The van der Waals surface area contributed by atoms with Crippen LogP contribution in [0, 0.1) is 0 Å². The topological polar surface area (TPSA) is 29.5 Å². The van der Waals surface area contributed by atoms with Crippen LogP contribution in [0.25, 0.3) is 0 Å². The van der Waals surface area contributed by atoms with Gasteiger partial charge in [0.2, 0.25) is 0 Å². The summed E-state index contributed by atoms with van der Waals surface area (Å²) in [7, 11) is 1.27. The number of rotatable bonds is 4. The Hall–Kier alpha value is 1.00. The van der Waals surface area contributed by atoms with Gasteiger partial charge in [-0.15, -0.1) is 0 Å². The highest BCUT2D eigenvalue weighted by Gasteiger charge is 2.02. The molecule has 0 spiro atoms. The lowest BCUT2D eigenvalue weighted by Gasteiger charge is -2.06. The van der Waals surface area contributed by atoms with Gasteiger partial charge >= 0.3 is 0 Å². The van der Waals surface area contributed by atoms with Gasteiger partial charge in [-0.05, 0) is 6.42 Å². The first kappa shape index (κ1) is 9.00. The monoisotopic (exact) mass is 248 g/mol. The van der Waals surface area contributed by atoms with E-state index in [1.807, 2.05) is 28.1 Å². The van der Waals surface area contributed by atoms with E-state index in [1.54, 1.807) is 0 Å². The maximum atomic E-state index is 8.52. The van der Waals surface area contributed by atoms with E-state index in [4.69, 9.17) is 9.29 Å². The number of halogens is 1. The lowest BCUT2D eigenvalue weighted by molar-refractivity contribution is 0.135. The van der Waals surface area contributed by atoms with E-state index in [-0.39, 0.29) is 12.7 Å². The van der Waals surface area contributed by atoms with E-state index in [1.165, 1.54) is 9.21 Å². The van der Waals surface area contributed by atoms with Gasteiger partial charge in [0.1, 0.15) is 0 Å². The van der Waals surface area contributed by atoms with Crippen molar-refractivity contribution >= 4 is 30.4 Å². The fourth-order valence-electron chi connectivity index (χ4n) is 0.279. The molecule has 0 aliphatic carbocycles. The fraction of sp³-hybridized carbons (Fsp3) is 1.00. The van der Waals surface area contributed by atoms with E-state index < -0.39 is 0 Å². The van der Waals surface area contributed by atoms with Gasteiger partial charge in [0.25, 0.3) is 0 Å². The van der Waals surface area contributed by atoms with Crippen LogP contribution in [0.2, 0.25) is 0 Å². The molecule has 0 amide bonds. The van der Waals surface area contributed by atoms with E-state index in [0.29, 0.717) is 0 Å². The van der Waals surface area contributed by atoms with E-state index in [2.05, 4.69) is 0 Å². The van der Waals surface area contributed by atoms with Crippen molar-refractivity contribution in [1.29, 1.82) is 0 Å². The summed E-state index contributed by atoms with van der Waals surface area (Å²) in [6.07, 6.45) is 0.879. The van der Waals surface area contributed by atoms with Gasteiger partial charge in [-0.2, -0.15) is 0 Å². The Balaban J connectivity index is 3.07. The fourth-order valence-corrected chi connectivity index (χ4v) is 1.46. The highest BCUT2D eigenvalue weighted by molar-refractivity contribution is 14.2. The van der Waals surface area contributed by atoms with Crippen LogP contribution in [-0.2, 0) is 4.18 Å². The number of aliphatic hydroxyl groups is 1. The van der Waals surface area contributed by atoms with Crippen molar-refractivity contribution in [1.82, 2.24) is 0 Å². The van der Waals surface area contributed by atoms with Gasteiger partial charge in [-0.3, -0.25) is 4.18 Å². The molecule has 4 heteroatoms.